The molecule has 4 heterocycles. The summed E-state index contributed by atoms with van der Waals surface area (Å²) in [7, 11) is 5.95. The van der Waals surface area contributed by atoms with Crippen molar-refractivity contribution in [2.45, 2.75) is 99.1 Å². The lowest BCUT2D eigenvalue weighted by Gasteiger charge is -2.33. The molecule has 0 radical (unpaired) electrons. The molecule has 0 bridgehead atoms. The molecular formula is C65H77N13O6. The Morgan fingerprint density at radius 3 is 1.80 bits per heavy atom. The Labute approximate surface area is 493 Å². The minimum absolute atomic E-state index is 0.130. The average molecular weight is 1140 g/mol. The second-order valence-corrected chi connectivity index (χ2v) is 21.8. The van der Waals surface area contributed by atoms with Gasteiger partial charge in [-0.25, -0.2) is 0 Å². The molecule has 19 nitrogen and oxygen atoms in total. The van der Waals surface area contributed by atoms with Crippen molar-refractivity contribution in [1.29, 1.82) is 15.8 Å². The summed E-state index contributed by atoms with van der Waals surface area (Å²) in [6.45, 7) is 16.0. The van der Waals surface area contributed by atoms with Gasteiger partial charge in [0.1, 0.15) is 42.3 Å². The third-order valence-corrected chi connectivity index (χ3v) is 15.0. The van der Waals surface area contributed by atoms with Crippen LogP contribution in [0, 0.1) is 73.5 Å². The molecule has 4 aromatic carbocycles. The van der Waals surface area contributed by atoms with E-state index in [1.54, 1.807) is 24.4 Å². The first-order chi connectivity index (χ1) is 40.6. The summed E-state index contributed by atoms with van der Waals surface area (Å²) in [5.41, 5.74) is 12.6. The molecule has 6 N–H and O–H groups in total. The standard InChI is InChI=1S/C65H77N13O6/c1-10-81-60-29-53-49(27-55(60)73-62(79)16-13-21-77(7)8)64(46(32-67)35-71-53)75-51-19-18-48(26-45(51)31-66)83-38-58-41(4)23-44(34-70-58)37-78(9)22-14-17-63(80)74-56-28-50-54(30-61(56)82-11-2)72-36-47(33-68)65(50)76-52-24-43(6)59(25-42(52)5)84-39-57-40(3)15-12-20-69-57/h12,15,18-20,23-30,34,46-47,64-65,71-72,75-76H,10-11,13-14,16-17,21-22,35-39H2,1-9H3,(H,73,79)(H,74,80). The summed E-state index contributed by atoms with van der Waals surface area (Å²) in [4.78, 5) is 40.1. The minimum Gasteiger partial charge on any atom is -0.492 e. The third kappa shape index (κ3) is 15.5. The zero-order chi connectivity index (χ0) is 59.9. The number of benzene rings is 4. The SMILES string of the molecule is CCOc1cc2c(cc1NC(=O)CCCN(C)C)C(Nc1ccc(OCc3ncc(CN(C)CCCC(=O)Nc4cc5c(cc4OCC)NCC(C#N)C5Nc4cc(C)c(OCc5ncccc5C)cc4C)cc3C)cc1C#N)C(C#N)CN2. The molecule has 4 atom stereocenters. The highest BCUT2D eigenvalue weighted by atomic mass is 16.5. The van der Waals surface area contributed by atoms with Crippen LogP contribution in [0.3, 0.4) is 0 Å². The number of carbonyl (C=O) groups is 2. The van der Waals surface area contributed by atoms with Crippen molar-refractivity contribution >= 4 is 45.9 Å². The Hall–Kier alpha value is -9.09. The number of nitriles is 3. The van der Waals surface area contributed by atoms with Crippen LogP contribution >= 0.6 is 0 Å². The van der Waals surface area contributed by atoms with Gasteiger partial charge in [-0.15, -0.1) is 0 Å². The first-order valence-electron chi connectivity index (χ1n) is 28.7. The lowest BCUT2D eigenvalue weighted by atomic mass is 9.88. The number of fused-ring (bicyclic) bond motifs is 2. The van der Waals surface area contributed by atoms with E-state index in [-0.39, 0.29) is 30.9 Å². The number of pyridine rings is 2. The van der Waals surface area contributed by atoms with Crippen LogP contribution in [0.25, 0.3) is 0 Å². The van der Waals surface area contributed by atoms with E-state index >= 15 is 0 Å². The molecule has 0 saturated heterocycles. The van der Waals surface area contributed by atoms with Gasteiger partial charge in [0.25, 0.3) is 0 Å². The molecule has 6 aromatic rings. The fourth-order valence-electron chi connectivity index (χ4n) is 10.5. The monoisotopic (exact) mass is 1140 g/mol. The van der Waals surface area contributed by atoms with Gasteiger partial charge in [0, 0.05) is 91.3 Å². The van der Waals surface area contributed by atoms with Gasteiger partial charge in [0.05, 0.1) is 83.3 Å². The summed E-state index contributed by atoms with van der Waals surface area (Å²) in [6.07, 6.45) is 5.53. The molecule has 0 saturated carbocycles. The van der Waals surface area contributed by atoms with Gasteiger partial charge in [0.2, 0.25) is 11.8 Å². The van der Waals surface area contributed by atoms with Crippen molar-refractivity contribution in [3.05, 3.63) is 141 Å². The summed E-state index contributed by atoms with van der Waals surface area (Å²) >= 11 is 0. The average Bonchev–Trinajstić information content (AvgIpc) is 1.58. The van der Waals surface area contributed by atoms with Crippen LogP contribution in [0.2, 0.25) is 0 Å². The molecule has 2 aliphatic rings. The number of nitrogens with zero attached hydrogens (tertiary/aromatic N) is 7. The van der Waals surface area contributed by atoms with E-state index in [1.807, 2.05) is 116 Å². The van der Waals surface area contributed by atoms with E-state index in [4.69, 9.17) is 23.9 Å². The van der Waals surface area contributed by atoms with E-state index in [0.717, 1.165) is 79.7 Å². The van der Waals surface area contributed by atoms with E-state index in [2.05, 4.69) is 72.1 Å². The molecule has 84 heavy (non-hydrogen) atoms. The molecule has 0 fully saturated rings. The van der Waals surface area contributed by atoms with E-state index < -0.39 is 17.9 Å². The van der Waals surface area contributed by atoms with E-state index in [1.165, 1.54) is 0 Å². The third-order valence-electron chi connectivity index (χ3n) is 15.0. The summed E-state index contributed by atoms with van der Waals surface area (Å²) in [6, 6.07) is 29.2. The van der Waals surface area contributed by atoms with Crippen molar-refractivity contribution in [1.82, 2.24) is 19.8 Å². The molecule has 438 valence electrons. The van der Waals surface area contributed by atoms with Crippen LogP contribution in [0.4, 0.5) is 34.1 Å². The number of amides is 2. The molecule has 8 rings (SSSR count). The first kappa shape index (κ1) is 61.0. The maximum Gasteiger partial charge on any atom is 0.224 e. The lowest BCUT2D eigenvalue weighted by molar-refractivity contribution is -0.117. The number of nitrogens with one attached hydrogen (secondary N) is 6. The van der Waals surface area contributed by atoms with Gasteiger partial charge >= 0.3 is 0 Å². The Balaban J connectivity index is 0.849. The van der Waals surface area contributed by atoms with Crippen LogP contribution in [0.5, 0.6) is 23.0 Å². The summed E-state index contributed by atoms with van der Waals surface area (Å²) in [5.74, 6) is 1.16. The van der Waals surface area contributed by atoms with Crippen LogP contribution in [-0.2, 0) is 29.3 Å². The van der Waals surface area contributed by atoms with Gasteiger partial charge < -0.3 is 60.6 Å². The molecule has 4 unspecified atom stereocenters. The maximum absolute atomic E-state index is 13.6. The van der Waals surface area contributed by atoms with Gasteiger partial charge in [-0.1, -0.05) is 12.1 Å². The maximum atomic E-state index is 13.6. The van der Waals surface area contributed by atoms with Crippen LogP contribution in [0.15, 0.2) is 85.2 Å². The molecule has 2 aliphatic heterocycles. The second-order valence-electron chi connectivity index (χ2n) is 21.8. The van der Waals surface area contributed by atoms with Crippen molar-refractivity contribution in [3.8, 4) is 41.2 Å². The number of ether oxygens (including phenoxy) is 4. The molecule has 2 amide bonds. The predicted octanol–water partition coefficient (Wildman–Crippen LogP) is 11.1. The highest BCUT2D eigenvalue weighted by Crippen LogP contribution is 2.44. The van der Waals surface area contributed by atoms with Crippen LogP contribution in [-0.4, -0.2) is 92.1 Å². The smallest absolute Gasteiger partial charge is 0.224 e. The van der Waals surface area contributed by atoms with Gasteiger partial charge in [-0.05, 0) is 159 Å². The lowest BCUT2D eigenvalue weighted by Crippen LogP contribution is -2.32. The number of hydrogen-bond donors (Lipinski definition) is 6. The zero-order valence-electron chi connectivity index (χ0n) is 49.7. The van der Waals surface area contributed by atoms with Crippen molar-refractivity contribution < 1.29 is 28.5 Å². The normalized spacial score (nSPS) is 15.9. The number of hydrogen-bond acceptors (Lipinski definition) is 17. The van der Waals surface area contributed by atoms with Gasteiger partial charge in [-0.2, -0.15) is 15.8 Å². The number of anilines is 6. The molecular weight excluding hydrogens is 1060 g/mol. The Morgan fingerprint density at radius 1 is 0.631 bits per heavy atom. The Kier molecular flexibility index (Phi) is 20.9. The fourth-order valence-corrected chi connectivity index (χ4v) is 10.5. The van der Waals surface area contributed by atoms with Crippen LogP contribution < -0.4 is 50.8 Å². The predicted molar refractivity (Wildman–Crippen MR) is 327 cm³/mol. The Bertz CT molecular complexity index is 3460. The molecule has 0 aliphatic carbocycles. The highest BCUT2D eigenvalue weighted by molar-refractivity contribution is 5.94. The molecule has 19 heteroatoms. The van der Waals surface area contributed by atoms with Crippen LogP contribution in [0.1, 0.15) is 108 Å². The molecule has 0 spiro atoms. The number of aryl methyl sites for hydroxylation is 4. The topological polar surface area (TPSA) is 247 Å². The number of carbonyl (C=O) groups excluding carboxylic acids is 2. The number of aromatic nitrogens is 2. The minimum atomic E-state index is -0.508. The van der Waals surface area contributed by atoms with Gasteiger partial charge in [-0.3, -0.25) is 19.6 Å². The van der Waals surface area contributed by atoms with E-state index in [9.17, 15) is 25.4 Å². The summed E-state index contributed by atoms with van der Waals surface area (Å²) in [5, 5.41) is 51.0. The second kappa shape index (κ2) is 28.7. The number of rotatable bonds is 26. The van der Waals surface area contributed by atoms with E-state index in [0.29, 0.717) is 105 Å². The first-order valence-corrected chi connectivity index (χ1v) is 28.7. The van der Waals surface area contributed by atoms with Crippen molar-refractivity contribution in [2.24, 2.45) is 11.8 Å². The highest BCUT2D eigenvalue weighted by Gasteiger charge is 2.34. The van der Waals surface area contributed by atoms with Crippen molar-refractivity contribution in [3.63, 3.8) is 0 Å². The van der Waals surface area contributed by atoms with Crippen molar-refractivity contribution in [2.75, 3.05) is 92.4 Å². The fraction of sp³-hybridized carbons (Fsp3) is 0.400. The summed E-state index contributed by atoms with van der Waals surface area (Å²) < 4.78 is 24.4. The zero-order valence-corrected chi connectivity index (χ0v) is 49.7. The van der Waals surface area contributed by atoms with Gasteiger partial charge in [0.15, 0.2) is 0 Å². The Morgan fingerprint density at radius 2 is 1.23 bits per heavy atom. The largest absolute Gasteiger partial charge is 0.492 e. The quantitative estimate of drug-likeness (QED) is 0.0295. The molecule has 2 aromatic heterocycles.